The molecular weight excluding hydrogens is 204 g/mol. The van der Waals surface area contributed by atoms with Gasteiger partial charge in [0.1, 0.15) is 5.78 Å². The van der Waals surface area contributed by atoms with Crippen molar-refractivity contribution in [3.63, 3.8) is 0 Å². The number of ketones is 1. The predicted molar refractivity (Wildman–Crippen MR) is 62.0 cm³/mol. The molecule has 0 spiro atoms. The zero-order valence-corrected chi connectivity index (χ0v) is 10.3. The van der Waals surface area contributed by atoms with Crippen molar-refractivity contribution in [1.29, 1.82) is 0 Å². The van der Waals surface area contributed by atoms with Crippen molar-refractivity contribution in [2.24, 2.45) is 11.8 Å². The van der Waals surface area contributed by atoms with E-state index in [2.05, 4.69) is 6.92 Å². The first-order valence-corrected chi connectivity index (χ1v) is 6.31. The number of esters is 1. The first kappa shape index (κ1) is 13.2. The Kier molecular flexibility index (Phi) is 5.50. The van der Waals surface area contributed by atoms with Crippen molar-refractivity contribution >= 4 is 11.8 Å². The highest BCUT2D eigenvalue weighted by Crippen LogP contribution is 2.33. The van der Waals surface area contributed by atoms with Crippen LogP contribution in [0.15, 0.2) is 0 Å². The third-order valence-electron chi connectivity index (χ3n) is 3.47. The molecular formula is C13H22O3. The molecule has 0 radical (unpaired) electrons. The second kappa shape index (κ2) is 6.66. The maximum absolute atomic E-state index is 11.7. The van der Waals surface area contributed by atoms with Gasteiger partial charge in [-0.05, 0) is 12.8 Å². The Morgan fingerprint density at radius 1 is 1.38 bits per heavy atom. The van der Waals surface area contributed by atoms with E-state index >= 15 is 0 Å². The summed E-state index contributed by atoms with van der Waals surface area (Å²) in [4.78, 5) is 23.1. The van der Waals surface area contributed by atoms with Gasteiger partial charge in [0.25, 0.3) is 0 Å². The van der Waals surface area contributed by atoms with Gasteiger partial charge in [-0.1, -0.05) is 32.6 Å². The number of unbranched alkanes of at least 4 members (excludes halogenated alkanes) is 3. The van der Waals surface area contributed by atoms with Crippen LogP contribution in [0.1, 0.15) is 51.9 Å². The minimum Gasteiger partial charge on any atom is -0.469 e. The predicted octanol–water partition coefficient (Wildman–Crippen LogP) is 2.73. The fourth-order valence-corrected chi connectivity index (χ4v) is 2.50. The summed E-state index contributed by atoms with van der Waals surface area (Å²) in [7, 11) is 1.40. The van der Waals surface area contributed by atoms with E-state index in [-0.39, 0.29) is 23.6 Å². The van der Waals surface area contributed by atoms with E-state index in [1.165, 1.54) is 20.0 Å². The molecule has 0 N–H and O–H groups in total. The number of ether oxygens (including phenoxy) is 1. The highest BCUT2D eigenvalue weighted by Gasteiger charge is 2.39. The molecule has 0 aromatic rings. The van der Waals surface area contributed by atoms with E-state index in [1.54, 1.807) is 0 Å². The van der Waals surface area contributed by atoms with Gasteiger partial charge in [-0.2, -0.15) is 0 Å². The van der Waals surface area contributed by atoms with Crippen molar-refractivity contribution < 1.29 is 14.3 Å². The van der Waals surface area contributed by atoms with E-state index in [0.29, 0.717) is 12.8 Å². The molecule has 0 aliphatic heterocycles. The van der Waals surface area contributed by atoms with Gasteiger partial charge >= 0.3 is 5.97 Å². The lowest BCUT2D eigenvalue weighted by Gasteiger charge is -2.15. The molecule has 1 saturated carbocycles. The monoisotopic (exact) mass is 226 g/mol. The molecule has 0 saturated heterocycles. The minimum atomic E-state index is -0.202. The largest absolute Gasteiger partial charge is 0.469 e. The summed E-state index contributed by atoms with van der Waals surface area (Å²) in [6.07, 6.45) is 6.72. The standard InChI is InChI=1S/C13H22O3/c1-3-4-5-6-7-10-11(13(15)16-2)8-9-12(10)14/h10-11H,3-9H2,1-2H3/t10-,11+/m0/s1. The molecule has 1 rings (SSSR count). The Morgan fingerprint density at radius 2 is 2.12 bits per heavy atom. The molecule has 3 heteroatoms. The number of carbonyl (C=O) groups is 2. The smallest absolute Gasteiger partial charge is 0.309 e. The normalized spacial score (nSPS) is 24.8. The molecule has 0 aromatic heterocycles. The SMILES string of the molecule is CCCCCC[C@@H]1C(=O)CC[C@H]1C(=O)OC. The Balaban J connectivity index is 2.41. The van der Waals surface area contributed by atoms with Crippen molar-refractivity contribution in [2.45, 2.75) is 51.9 Å². The summed E-state index contributed by atoms with van der Waals surface area (Å²) in [6.45, 7) is 2.16. The second-order valence-corrected chi connectivity index (χ2v) is 4.59. The van der Waals surface area contributed by atoms with Crippen LogP contribution in [-0.2, 0) is 14.3 Å². The fraction of sp³-hybridized carbons (Fsp3) is 0.846. The van der Waals surface area contributed by atoms with Crippen LogP contribution in [0.4, 0.5) is 0 Å². The van der Waals surface area contributed by atoms with Gasteiger partial charge in [-0.15, -0.1) is 0 Å². The molecule has 1 aliphatic carbocycles. The van der Waals surface area contributed by atoms with E-state index in [4.69, 9.17) is 4.74 Å². The maximum atomic E-state index is 11.7. The van der Waals surface area contributed by atoms with Gasteiger partial charge in [-0.3, -0.25) is 9.59 Å². The zero-order valence-electron chi connectivity index (χ0n) is 10.3. The van der Waals surface area contributed by atoms with Gasteiger partial charge in [0.05, 0.1) is 13.0 Å². The summed E-state index contributed by atoms with van der Waals surface area (Å²) in [5.74, 6) is -0.179. The summed E-state index contributed by atoms with van der Waals surface area (Å²) in [5, 5.41) is 0. The molecule has 0 unspecified atom stereocenters. The molecule has 0 amide bonds. The summed E-state index contributed by atoms with van der Waals surface area (Å²) < 4.78 is 4.75. The van der Waals surface area contributed by atoms with E-state index in [0.717, 1.165) is 19.3 Å². The molecule has 1 fully saturated rings. The Labute approximate surface area is 97.5 Å². The fourth-order valence-electron chi connectivity index (χ4n) is 2.50. The third kappa shape index (κ3) is 3.32. The number of Topliss-reactive ketones (excluding diaryl/α,β-unsaturated/α-hetero) is 1. The van der Waals surface area contributed by atoms with Crippen molar-refractivity contribution in [3.05, 3.63) is 0 Å². The Bertz CT molecular complexity index is 248. The Morgan fingerprint density at radius 3 is 2.75 bits per heavy atom. The zero-order chi connectivity index (χ0) is 12.0. The third-order valence-corrected chi connectivity index (χ3v) is 3.47. The number of rotatable bonds is 6. The molecule has 2 atom stereocenters. The molecule has 3 nitrogen and oxygen atoms in total. The van der Waals surface area contributed by atoms with Crippen molar-refractivity contribution in [3.8, 4) is 0 Å². The highest BCUT2D eigenvalue weighted by molar-refractivity contribution is 5.90. The molecule has 0 heterocycles. The summed E-state index contributed by atoms with van der Waals surface area (Å²) >= 11 is 0. The number of hydrogen-bond donors (Lipinski definition) is 0. The van der Waals surface area contributed by atoms with Gasteiger partial charge in [0.2, 0.25) is 0 Å². The van der Waals surface area contributed by atoms with Gasteiger partial charge in [-0.25, -0.2) is 0 Å². The minimum absolute atomic E-state index is 0.0655. The first-order chi connectivity index (χ1) is 7.70. The molecule has 16 heavy (non-hydrogen) atoms. The molecule has 92 valence electrons. The van der Waals surface area contributed by atoms with E-state index in [9.17, 15) is 9.59 Å². The first-order valence-electron chi connectivity index (χ1n) is 6.31. The highest BCUT2D eigenvalue weighted by atomic mass is 16.5. The van der Waals surface area contributed by atoms with Crippen LogP contribution in [-0.4, -0.2) is 18.9 Å². The van der Waals surface area contributed by atoms with Gasteiger partial charge in [0, 0.05) is 12.3 Å². The van der Waals surface area contributed by atoms with Gasteiger partial charge < -0.3 is 4.74 Å². The lowest BCUT2D eigenvalue weighted by molar-refractivity contribution is -0.148. The maximum Gasteiger partial charge on any atom is 0.309 e. The number of methoxy groups -OCH3 is 1. The number of carbonyl (C=O) groups excluding carboxylic acids is 2. The molecule has 0 aromatic carbocycles. The van der Waals surface area contributed by atoms with Crippen LogP contribution in [0.25, 0.3) is 0 Å². The Hall–Kier alpha value is -0.860. The summed E-state index contributed by atoms with van der Waals surface area (Å²) in [5.41, 5.74) is 0. The summed E-state index contributed by atoms with van der Waals surface area (Å²) in [6, 6.07) is 0. The van der Waals surface area contributed by atoms with Crippen LogP contribution in [0, 0.1) is 11.8 Å². The molecule has 1 aliphatic rings. The van der Waals surface area contributed by atoms with Crippen LogP contribution in [0.3, 0.4) is 0 Å². The molecule has 0 bridgehead atoms. The quantitative estimate of drug-likeness (QED) is 0.516. The second-order valence-electron chi connectivity index (χ2n) is 4.59. The van der Waals surface area contributed by atoms with Crippen molar-refractivity contribution in [1.82, 2.24) is 0 Å². The van der Waals surface area contributed by atoms with Gasteiger partial charge in [0.15, 0.2) is 0 Å². The average molecular weight is 226 g/mol. The van der Waals surface area contributed by atoms with Crippen LogP contribution < -0.4 is 0 Å². The van der Waals surface area contributed by atoms with Crippen LogP contribution in [0.2, 0.25) is 0 Å². The van der Waals surface area contributed by atoms with Crippen LogP contribution >= 0.6 is 0 Å². The lowest BCUT2D eigenvalue weighted by atomic mass is 9.90. The lowest BCUT2D eigenvalue weighted by Crippen LogP contribution is -2.23. The van der Waals surface area contributed by atoms with Crippen LogP contribution in [0.5, 0.6) is 0 Å². The van der Waals surface area contributed by atoms with E-state index < -0.39 is 0 Å². The topological polar surface area (TPSA) is 43.4 Å². The van der Waals surface area contributed by atoms with E-state index in [1.807, 2.05) is 0 Å². The van der Waals surface area contributed by atoms with Crippen molar-refractivity contribution in [2.75, 3.05) is 7.11 Å². The number of hydrogen-bond acceptors (Lipinski definition) is 3. The average Bonchev–Trinajstić information content (AvgIpc) is 2.65.